The molecular formula is C21H19N5O. The molecule has 0 bridgehead atoms. The van der Waals surface area contributed by atoms with Crippen LogP contribution in [-0.2, 0) is 12.6 Å². The van der Waals surface area contributed by atoms with E-state index in [1.165, 1.54) is 0 Å². The minimum Gasteiger partial charge on any atom is -0.345 e. The van der Waals surface area contributed by atoms with Gasteiger partial charge in [0.1, 0.15) is 5.65 Å². The van der Waals surface area contributed by atoms with Crippen molar-refractivity contribution in [1.29, 1.82) is 0 Å². The maximum absolute atomic E-state index is 12.1. The predicted molar refractivity (Wildman–Crippen MR) is 104 cm³/mol. The van der Waals surface area contributed by atoms with Crippen molar-refractivity contribution in [2.45, 2.75) is 19.4 Å². The molecular weight excluding hydrogens is 338 g/mol. The van der Waals surface area contributed by atoms with Crippen LogP contribution >= 0.6 is 0 Å². The van der Waals surface area contributed by atoms with Gasteiger partial charge < -0.3 is 10.3 Å². The summed E-state index contributed by atoms with van der Waals surface area (Å²) < 4.78 is 1.77. The number of hydrogen-bond acceptors (Lipinski definition) is 3. The Morgan fingerprint density at radius 2 is 1.93 bits per heavy atom. The van der Waals surface area contributed by atoms with E-state index in [1.54, 1.807) is 4.68 Å². The number of hydrogen-bond donors (Lipinski definition) is 2. The minimum absolute atomic E-state index is 0.0109. The summed E-state index contributed by atoms with van der Waals surface area (Å²) in [4.78, 5) is 20.2. The SMILES string of the molecule is Cn1cc(-c2ccc3c(-c4ccc5c(c4)C(C)(C)NC5=O)c[nH]c3n2)cn1. The quantitative estimate of drug-likeness (QED) is 0.575. The highest BCUT2D eigenvalue weighted by atomic mass is 16.2. The number of pyridine rings is 1. The van der Waals surface area contributed by atoms with Crippen LogP contribution in [0.15, 0.2) is 48.9 Å². The van der Waals surface area contributed by atoms with Crippen LogP contribution in [0.25, 0.3) is 33.4 Å². The summed E-state index contributed by atoms with van der Waals surface area (Å²) in [6.45, 7) is 4.05. The van der Waals surface area contributed by atoms with Gasteiger partial charge in [0, 0.05) is 41.5 Å². The normalized spacial score (nSPS) is 15.1. The molecule has 4 aromatic rings. The topological polar surface area (TPSA) is 75.6 Å². The Morgan fingerprint density at radius 3 is 2.70 bits per heavy atom. The Hall–Kier alpha value is -3.41. The second-order valence-corrected chi connectivity index (χ2v) is 7.54. The van der Waals surface area contributed by atoms with Crippen LogP contribution in [-0.4, -0.2) is 25.7 Å². The summed E-state index contributed by atoms with van der Waals surface area (Å²) in [6, 6.07) is 10.1. The number of H-pyrrole nitrogens is 1. The molecule has 2 N–H and O–H groups in total. The molecule has 0 saturated heterocycles. The lowest BCUT2D eigenvalue weighted by molar-refractivity contribution is 0.0940. The zero-order chi connectivity index (χ0) is 18.8. The lowest BCUT2D eigenvalue weighted by atomic mass is 9.91. The number of nitrogens with zero attached hydrogens (tertiary/aromatic N) is 3. The highest BCUT2D eigenvalue weighted by Crippen LogP contribution is 2.36. The Bertz CT molecular complexity index is 1210. The Morgan fingerprint density at radius 1 is 1.07 bits per heavy atom. The molecule has 6 nitrogen and oxygen atoms in total. The standard InChI is InChI=1S/C21H19N5O/c1-21(2)17-8-12(4-5-15(17)20(27)25-21)16-10-22-19-14(16)6-7-18(24-19)13-9-23-26(3)11-13/h4-11H,1-3H3,(H,22,24)(H,25,27). The highest BCUT2D eigenvalue weighted by molar-refractivity contribution is 6.01. The van der Waals surface area contributed by atoms with Crippen molar-refractivity contribution in [2.75, 3.05) is 0 Å². The second-order valence-electron chi connectivity index (χ2n) is 7.54. The summed E-state index contributed by atoms with van der Waals surface area (Å²) in [5.41, 5.74) is 6.27. The first kappa shape index (κ1) is 15.8. The van der Waals surface area contributed by atoms with E-state index in [-0.39, 0.29) is 11.4 Å². The summed E-state index contributed by atoms with van der Waals surface area (Å²) in [5, 5.41) is 8.29. The monoisotopic (exact) mass is 357 g/mol. The third-order valence-electron chi connectivity index (χ3n) is 5.21. The third kappa shape index (κ3) is 2.37. The van der Waals surface area contributed by atoms with Crippen LogP contribution in [0.2, 0.25) is 0 Å². The molecule has 1 amide bonds. The molecule has 6 heteroatoms. The molecule has 5 rings (SSSR count). The largest absolute Gasteiger partial charge is 0.345 e. The van der Waals surface area contributed by atoms with E-state index in [0.717, 1.165) is 44.5 Å². The van der Waals surface area contributed by atoms with Crippen molar-refractivity contribution in [2.24, 2.45) is 7.05 Å². The van der Waals surface area contributed by atoms with Crippen LogP contribution in [0, 0.1) is 0 Å². The van der Waals surface area contributed by atoms with Crippen molar-refractivity contribution in [3.63, 3.8) is 0 Å². The lowest BCUT2D eigenvalue weighted by Gasteiger charge is -2.19. The van der Waals surface area contributed by atoms with E-state index in [0.29, 0.717) is 0 Å². The molecule has 3 aromatic heterocycles. The van der Waals surface area contributed by atoms with E-state index >= 15 is 0 Å². The molecule has 1 aliphatic heterocycles. The first-order chi connectivity index (χ1) is 12.9. The van der Waals surface area contributed by atoms with Crippen molar-refractivity contribution in [3.05, 3.63) is 60.0 Å². The van der Waals surface area contributed by atoms with Crippen LogP contribution in [0.4, 0.5) is 0 Å². The Kier molecular flexibility index (Phi) is 3.10. The maximum Gasteiger partial charge on any atom is 0.252 e. The number of rotatable bonds is 2. The fourth-order valence-corrected chi connectivity index (χ4v) is 3.80. The third-order valence-corrected chi connectivity index (χ3v) is 5.21. The average Bonchev–Trinajstić information content (AvgIpc) is 3.31. The molecule has 27 heavy (non-hydrogen) atoms. The van der Waals surface area contributed by atoms with Crippen LogP contribution in [0.1, 0.15) is 29.8 Å². The number of carbonyl (C=O) groups is 1. The van der Waals surface area contributed by atoms with Crippen molar-refractivity contribution < 1.29 is 4.79 Å². The molecule has 0 radical (unpaired) electrons. The fraction of sp³-hybridized carbons (Fsp3) is 0.190. The Labute approximate surface area is 156 Å². The first-order valence-electron chi connectivity index (χ1n) is 8.87. The van der Waals surface area contributed by atoms with Gasteiger partial charge in [-0.15, -0.1) is 0 Å². The zero-order valence-corrected chi connectivity index (χ0v) is 15.4. The number of nitrogens with one attached hydrogen (secondary N) is 2. The van der Waals surface area contributed by atoms with Crippen molar-refractivity contribution >= 4 is 16.9 Å². The summed E-state index contributed by atoms with van der Waals surface area (Å²) in [7, 11) is 1.89. The van der Waals surface area contributed by atoms with Gasteiger partial charge in [0.05, 0.1) is 17.4 Å². The molecule has 1 aliphatic rings. The fourth-order valence-electron chi connectivity index (χ4n) is 3.80. The van der Waals surface area contributed by atoms with E-state index in [2.05, 4.69) is 27.5 Å². The molecule has 134 valence electrons. The number of aryl methyl sites for hydroxylation is 1. The van der Waals surface area contributed by atoms with Gasteiger partial charge in [-0.25, -0.2) is 4.98 Å². The maximum atomic E-state index is 12.1. The van der Waals surface area contributed by atoms with E-state index in [9.17, 15) is 4.79 Å². The summed E-state index contributed by atoms with van der Waals surface area (Å²) >= 11 is 0. The van der Waals surface area contributed by atoms with E-state index in [4.69, 9.17) is 4.98 Å². The molecule has 0 saturated carbocycles. The molecule has 0 unspecified atom stereocenters. The highest BCUT2D eigenvalue weighted by Gasteiger charge is 2.35. The Balaban J connectivity index is 1.61. The molecule has 4 heterocycles. The van der Waals surface area contributed by atoms with Gasteiger partial charge >= 0.3 is 0 Å². The van der Waals surface area contributed by atoms with Gasteiger partial charge in [0.25, 0.3) is 5.91 Å². The molecule has 0 atom stereocenters. The van der Waals surface area contributed by atoms with E-state index in [1.807, 2.05) is 57.7 Å². The number of aromatic nitrogens is 4. The van der Waals surface area contributed by atoms with Gasteiger partial charge in [-0.05, 0) is 49.2 Å². The van der Waals surface area contributed by atoms with Gasteiger partial charge in [-0.2, -0.15) is 5.10 Å². The number of aromatic amines is 1. The van der Waals surface area contributed by atoms with Crippen LogP contribution in [0.5, 0.6) is 0 Å². The van der Waals surface area contributed by atoms with Gasteiger partial charge in [0.15, 0.2) is 0 Å². The van der Waals surface area contributed by atoms with Gasteiger partial charge in [-0.1, -0.05) is 6.07 Å². The first-order valence-corrected chi connectivity index (χ1v) is 8.87. The van der Waals surface area contributed by atoms with Crippen LogP contribution < -0.4 is 5.32 Å². The summed E-state index contributed by atoms with van der Waals surface area (Å²) in [6.07, 6.45) is 5.73. The average molecular weight is 357 g/mol. The number of benzene rings is 1. The predicted octanol–water partition coefficient (Wildman–Crippen LogP) is 3.61. The summed E-state index contributed by atoms with van der Waals surface area (Å²) in [5.74, 6) is -0.0109. The molecule has 1 aromatic carbocycles. The molecule has 0 spiro atoms. The smallest absolute Gasteiger partial charge is 0.252 e. The number of carbonyl (C=O) groups excluding carboxylic acids is 1. The van der Waals surface area contributed by atoms with E-state index < -0.39 is 0 Å². The van der Waals surface area contributed by atoms with Crippen molar-refractivity contribution in [1.82, 2.24) is 25.1 Å². The van der Waals surface area contributed by atoms with Gasteiger partial charge in [-0.3, -0.25) is 9.48 Å². The number of fused-ring (bicyclic) bond motifs is 2. The number of amides is 1. The molecule has 0 fully saturated rings. The molecule has 0 aliphatic carbocycles. The minimum atomic E-state index is -0.361. The van der Waals surface area contributed by atoms with Crippen LogP contribution in [0.3, 0.4) is 0 Å². The zero-order valence-electron chi connectivity index (χ0n) is 15.4. The van der Waals surface area contributed by atoms with Gasteiger partial charge in [0.2, 0.25) is 0 Å². The van der Waals surface area contributed by atoms with Crippen molar-refractivity contribution in [3.8, 4) is 22.4 Å². The lowest BCUT2D eigenvalue weighted by Crippen LogP contribution is -2.32. The second kappa shape index (κ2) is 5.30.